The predicted octanol–water partition coefficient (Wildman–Crippen LogP) is 2.73. The van der Waals surface area contributed by atoms with Crippen LogP contribution in [0.25, 0.3) is 21.7 Å². The second-order valence-electron chi connectivity index (χ2n) is 5.94. The number of methoxy groups -OCH3 is 1. The van der Waals surface area contributed by atoms with Gasteiger partial charge in [-0.05, 0) is 37.3 Å². The summed E-state index contributed by atoms with van der Waals surface area (Å²) in [7, 11) is 4.88. The lowest BCUT2D eigenvalue weighted by atomic mass is 10.0. The fraction of sp³-hybridized carbons (Fsp3) is 0.263. The maximum atomic E-state index is 12.4. The number of rotatable bonds is 4. The van der Waals surface area contributed by atoms with Crippen LogP contribution in [0.15, 0.2) is 39.5 Å². The quantitative estimate of drug-likeness (QED) is 0.539. The van der Waals surface area contributed by atoms with E-state index in [9.17, 15) is 9.59 Å². The van der Waals surface area contributed by atoms with Crippen molar-refractivity contribution in [2.45, 2.75) is 6.92 Å². The monoisotopic (exact) mass is 341 g/mol. The van der Waals surface area contributed by atoms with Gasteiger partial charge in [0.2, 0.25) is 0 Å². The Morgan fingerprint density at radius 2 is 1.84 bits per heavy atom. The van der Waals surface area contributed by atoms with Crippen LogP contribution in [0.3, 0.4) is 0 Å². The number of nitrogens with zero attached hydrogens (tertiary/aromatic N) is 1. The van der Waals surface area contributed by atoms with Crippen LogP contribution < -0.4 is 15.1 Å². The van der Waals surface area contributed by atoms with Crippen molar-refractivity contribution in [3.63, 3.8) is 0 Å². The molecule has 6 nitrogen and oxygen atoms in total. The number of fused-ring (bicyclic) bond motifs is 3. The van der Waals surface area contributed by atoms with Crippen LogP contribution >= 0.6 is 0 Å². The molecule has 1 heterocycles. The number of aryl methyl sites for hydroxylation is 1. The molecule has 3 aromatic rings. The van der Waals surface area contributed by atoms with E-state index in [0.717, 1.165) is 10.8 Å². The minimum atomic E-state index is -0.439. The number of ether oxygens (including phenoxy) is 2. The van der Waals surface area contributed by atoms with Gasteiger partial charge in [-0.15, -0.1) is 0 Å². The molecule has 1 aromatic heterocycles. The Hall–Kier alpha value is -3.02. The van der Waals surface area contributed by atoms with Crippen molar-refractivity contribution >= 4 is 27.6 Å². The van der Waals surface area contributed by atoms with Crippen LogP contribution in [-0.4, -0.2) is 38.6 Å². The second kappa shape index (κ2) is 6.47. The van der Waals surface area contributed by atoms with E-state index in [-0.39, 0.29) is 12.5 Å². The molecule has 0 saturated heterocycles. The molecule has 130 valence electrons. The number of hydrogen-bond acceptors (Lipinski definition) is 5. The van der Waals surface area contributed by atoms with Gasteiger partial charge in [-0.2, -0.15) is 0 Å². The van der Waals surface area contributed by atoms with Gasteiger partial charge in [-0.3, -0.25) is 4.79 Å². The van der Waals surface area contributed by atoms with Gasteiger partial charge >= 0.3 is 5.63 Å². The molecular formula is C19H19NO5. The van der Waals surface area contributed by atoms with Crippen molar-refractivity contribution in [3.8, 4) is 11.5 Å². The lowest BCUT2D eigenvalue weighted by molar-refractivity contribution is -0.130. The lowest BCUT2D eigenvalue weighted by Gasteiger charge is -2.14. The average Bonchev–Trinajstić information content (AvgIpc) is 2.61. The molecule has 0 spiro atoms. The first kappa shape index (κ1) is 16.8. The topological polar surface area (TPSA) is 69.0 Å². The molecule has 0 atom stereocenters. The third-order valence-corrected chi connectivity index (χ3v) is 4.14. The standard InChI is InChI=1S/C19H19NO5/c1-11-16(24-10-17(21)20(2)3)8-7-14-13-6-5-12(23-4)9-15(13)19(22)25-18(11)14/h5-9H,10H2,1-4H3. The van der Waals surface area contributed by atoms with Gasteiger partial charge in [-0.25, -0.2) is 4.79 Å². The van der Waals surface area contributed by atoms with E-state index < -0.39 is 5.63 Å². The minimum absolute atomic E-state index is 0.0750. The number of carbonyl (C=O) groups excluding carboxylic acids is 1. The van der Waals surface area contributed by atoms with Gasteiger partial charge in [0.15, 0.2) is 6.61 Å². The molecule has 0 unspecified atom stereocenters. The molecule has 2 aromatic carbocycles. The number of benzene rings is 2. The summed E-state index contributed by atoms with van der Waals surface area (Å²) in [6, 6.07) is 8.91. The SMILES string of the molecule is COc1ccc2c(c1)c(=O)oc1c(C)c(OCC(=O)N(C)C)ccc12. The Bertz CT molecular complexity index is 1020. The fourth-order valence-corrected chi connectivity index (χ4v) is 2.64. The summed E-state index contributed by atoms with van der Waals surface area (Å²) < 4.78 is 16.3. The summed E-state index contributed by atoms with van der Waals surface area (Å²) >= 11 is 0. The number of hydrogen-bond donors (Lipinski definition) is 0. The van der Waals surface area contributed by atoms with Crippen molar-refractivity contribution in [2.24, 2.45) is 0 Å². The lowest BCUT2D eigenvalue weighted by Crippen LogP contribution is -2.27. The zero-order valence-corrected chi connectivity index (χ0v) is 14.6. The highest BCUT2D eigenvalue weighted by Crippen LogP contribution is 2.32. The van der Waals surface area contributed by atoms with Crippen LogP contribution in [0.2, 0.25) is 0 Å². The van der Waals surface area contributed by atoms with Crippen LogP contribution in [0.5, 0.6) is 11.5 Å². The van der Waals surface area contributed by atoms with Gasteiger partial charge in [0.1, 0.15) is 17.1 Å². The van der Waals surface area contributed by atoms with Gasteiger partial charge < -0.3 is 18.8 Å². The minimum Gasteiger partial charge on any atom is -0.497 e. The molecule has 0 aliphatic carbocycles. The first-order valence-electron chi connectivity index (χ1n) is 7.79. The Morgan fingerprint density at radius 1 is 1.12 bits per heavy atom. The summed E-state index contributed by atoms with van der Waals surface area (Å²) in [6.45, 7) is 1.73. The third-order valence-electron chi connectivity index (χ3n) is 4.14. The van der Waals surface area contributed by atoms with Crippen LogP contribution in [0, 0.1) is 6.92 Å². The highest BCUT2D eigenvalue weighted by molar-refractivity contribution is 6.06. The Morgan fingerprint density at radius 3 is 2.52 bits per heavy atom. The van der Waals surface area contributed by atoms with E-state index in [1.807, 2.05) is 12.1 Å². The largest absolute Gasteiger partial charge is 0.497 e. The second-order valence-corrected chi connectivity index (χ2v) is 5.94. The number of amides is 1. The molecule has 3 rings (SSSR count). The highest BCUT2D eigenvalue weighted by Gasteiger charge is 2.14. The summed E-state index contributed by atoms with van der Waals surface area (Å²) in [5.41, 5.74) is 0.697. The first-order valence-corrected chi connectivity index (χ1v) is 7.79. The highest BCUT2D eigenvalue weighted by atomic mass is 16.5. The normalized spacial score (nSPS) is 10.9. The van der Waals surface area contributed by atoms with Gasteiger partial charge in [-0.1, -0.05) is 0 Å². The van der Waals surface area contributed by atoms with E-state index in [4.69, 9.17) is 13.9 Å². The Kier molecular flexibility index (Phi) is 4.35. The van der Waals surface area contributed by atoms with Crippen molar-refractivity contribution in [1.29, 1.82) is 0 Å². The van der Waals surface area contributed by atoms with E-state index in [2.05, 4.69) is 0 Å². The third kappa shape index (κ3) is 3.03. The fourth-order valence-electron chi connectivity index (χ4n) is 2.64. The molecule has 0 fully saturated rings. The van der Waals surface area contributed by atoms with Crippen molar-refractivity contribution in [2.75, 3.05) is 27.8 Å². The number of carbonyl (C=O) groups is 1. The van der Waals surface area contributed by atoms with E-state index in [0.29, 0.717) is 28.0 Å². The van der Waals surface area contributed by atoms with Crippen LogP contribution in [0.4, 0.5) is 0 Å². The summed E-state index contributed by atoms with van der Waals surface area (Å²) in [5.74, 6) is 0.961. The zero-order valence-electron chi connectivity index (χ0n) is 14.6. The molecule has 1 amide bonds. The Balaban J connectivity index is 2.11. The zero-order chi connectivity index (χ0) is 18.1. The maximum Gasteiger partial charge on any atom is 0.344 e. The molecule has 0 bridgehead atoms. The first-order chi connectivity index (χ1) is 11.9. The van der Waals surface area contributed by atoms with Crippen molar-refractivity contribution in [3.05, 3.63) is 46.3 Å². The number of likely N-dealkylation sites (N-methyl/N-ethyl adjacent to an activating group) is 1. The van der Waals surface area contributed by atoms with Crippen LogP contribution in [0.1, 0.15) is 5.56 Å². The van der Waals surface area contributed by atoms with Gasteiger partial charge in [0.05, 0.1) is 12.5 Å². The van der Waals surface area contributed by atoms with E-state index in [1.54, 1.807) is 46.3 Å². The molecule has 0 aliphatic heterocycles. The molecule has 0 saturated carbocycles. The van der Waals surface area contributed by atoms with Crippen molar-refractivity contribution in [1.82, 2.24) is 4.90 Å². The van der Waals surface area contributed by atoms with Gasteiger partial charge in [0, 0.05) is 30.4 Å². The average molecular weight is 341 g/mol. The smallest absolute Gasteiger partial charge is 0.344 e. The molecule has 0 aliphatic rings. The van der Waals surface area contributed by atoms with E-state index in [1.165, 1.54) is 4.90 Å². The molecule has 6 heteroatoms. The summed E-state index contributed by atoms with van der Waals surface area (Å²) in [6.07, 6.45) is 0. The van der Waals surface area contributed by atoms with Crippen molar-refractivity contribution < 1.29 is 18.7 Å². The summed E-state index contributed by atoms with van der Waals surface area (Å²) in [5, 5.41) is 2.05. The Labute approximate surface area is 144 Å². The molecule has 0 N–H and O–H groups in total. The van der Waals surface area contributed by atoms with Crippen LogP contribution in [-0.2, 0) is 4.79 Å². The molecule has 25 heavy (non-hydrogen) atoms. The van der Waals surface area contributed by atoms with E-state index >= 15 is 0 Å². The van der Waals surface area contributed by atoms with Gasteiger partial charge in [0.25, 0.3) is 5.91 Å². The molecular weight excluding hydrogens is 322 g/mol. The summed E-state index contributed by atoms with van der Waals surface area (Å²) in [4.78, 5) is 25.5. The maximum absolute atomic E-state index is 12.4. The predicted molar refractivity (Wildman–Crippen MR) is 95.5 cm³/mol. The molecule has 0 radical (unpaired) electrons.